The fraction of sp³-hybridized carbons (Fsp3) is 1.00. The second-order valence-electron chi connectivity index (χ2n) is 3.82. The first-order chi connectivity index (χ1) is 6.20. The van der Waals surface area contributed by atoms with E-state index in [9.17, 15) is 0 Å². The molecule has 0 radical (unpaired) electrons. The van der Waals surface area contributed by atoms with Gasteiger partial charge in [-0.1, -0.05) is 19.8 Å². The molecular weight excluding hydrogens is 168 g/mol. The number of hydrogen-bond donors (Lipinski definition) is 1. The average Bonchev–Trinajstić information content (AvgIpc) is 2.49. The van der Waals surface area contributed by atoms with Crippen molar-refractivity contribution in [1.82, 2.24) is 0 Å². The van der Waals surface area contributed by atoms with Crippen LogP contribution >= 0.6 is 0 Å². The van der Waals surface area contributed by atoms with E-state index in [1.165, 1.54) is 12.8 Å². The summed E-state index contributed by atoms with van der Waals surface area (Å²) >= 11 is 0. The minimum Gasteiger partial charge on any atom is -0.394 e. The second kappa shape index (κ2) is 4.94. The van der Waals surface area contributed by atoms with E-state index in [1.54, 1.807) is 0 Å². The lowest BCUT2D eigenvalue weighted by Gasteiger charge is -2.22. The Hall–Kier alpha value is -0.120. The van der Waals surface area contributed by atoms with Gasteiger partial charge < -0.3 is 14.6 Å². The Bertz CT molecular complexity index is 149. The summed E-state index contributed by atoms with van der Waals surface area (Å²) in [7, 11) is 0. The van der Waals surface area contributed by atoms with Crippen molar-refractivity contribution >= 4 is 0 Å². The van der Waals surface area contributed by atoms with Gasteiger partial charge in [0, 0.05) is 6.42 Å². The molecule has 2 atom stereocenters. The molecule has 1 fully saturated rings. The lowest BCUT2D eigenvalue weighted by atomic mass is 10.1. The van der Waals surface area contributed by atoms with Crippen molar-refractivity contribution in [2.45, 2.75) is 51.4 Å². The number of rotatable bonds is 5. The monoisotopic (exact) mass is 188 g/mol. The maximum absolute atomic E-state index is 8.86. The summed E-state index contributed by atoms with van der Waals surface area (Å²) in [5, 5.41) is 8.86. The molecule has 0 spiro atoms. The van der Waals surface area contributed by atoms with Crippen LogP contribution in [-0.4, -0.2) is 30.2 Å². The molecule has 0 bridgehead atoms. The summed E-state index contributed by atoms with van der Waals surface area (Å²) in [6, 6.07) is 0. The molecular formula is C10H20O3. The van der Waals surface area contributed by atoms with Crippen molar-refractivity contribution in [3.8, 4) is 0 Å². The third-order valence-corrected chi connectivity index (χ3v) is 2.43. The van der Waals surface area contributed by atoms with Gasteiger partial charge in [0.25, 0.3) is 0 Å². The van der Waals surface area contributed by atoms with E-state index in [0.29, 0.717) is 6.61 Å². The maximum atomic E-state index is 8.86. The zero-order valence-electron chi connectivity index (χ0n) is 8.58. The van der Waals surface area contributed by atoms with Crippen LogP contribution < -0.4 is 0 Å². The summed E-state index contributed by atoms with van der Waals surface area (Å²) < 4.78 is 11.1. The van der Waals surface area contributed by atoms with Gasteiger partial charge >= 0.3 is 0 Å². The fourth-order valence-corrected chi connectivity index (χ4v) is 1.61. The van der Waals surface area contributed by atoms with Gasteiger partial charge in [-0.25, -0.2) is 0 Å². The molecule has 1 aliphatic rings. The van der Waals surface area contributed by atoms with E-state index >= 15 is 0 Å². The van der Waals surface area contributed by atoms with Crippen LogP contribution in [0.1, 0.15) is 39.5 Å². The average molecular weight is 188 g/mol. The van der Waals surface area contributed by atoms with Gasteiger partial charge in [-0.2, -0.15) is 0 Å². The molecule has 1 aliphatic heterocycles. The van der Waals surface area contributed by atoms with Crippen LogP contribution in [-0.2, 0) is 9.47 Å². The first kappa shape index (κ1) is 11.0. The third kappa shape index (κ3) is 3.25. The number of ether oxygens (including phenoxy) is 2. The van der Waals surface area contributed by atoms with Crippen LogP contribution in [0.5, 0.6) is 0 Å². The van der Waals surface area contributed by atoms with Gasteiger partial charge in [0.15, 0.2) is 5.79 Å². The van der Waals surface area contributed by atoms with Gasteiger partial charge in [0.05, 0.1) is 13.2 Å². The molecule has 13 heavy (non-hydrogen) atoms. The van der Waals surface area contributed by atoms with Crippen molar-refractivity contribution in [2.24, 2.45) is 0 Å². The minimum atomic E-state index is -0.442. The van der Waals surface area contributed by atoms with Crippen molar-refractivity contribution in [2.75, 3.05) is 13.2 Å². The number of hydrogen-bond acceptors (Lipinski definition) is 3. The van der Waals surface area contributed by atoms with E-state index in [4.69, 9.17) is 14.6 Å². The highest BCUT2D eigenvalue weighted by atomic mass is 16.7. The van der Waals surface area contributed by atoms with Gasteiger partial charge in [-0.15, -0.1) is 0 Å². The number of aliphatic hydroxyl groups is 1. The highest BCUT2D eigenvalue weighted by Gasteiger charge is 2.35. The Morgan fingerprint density at radius 3 is 2.77 bits per heavy atom. The predicted octanol–water partition coefficient (Wildman–Crippen LogP) is 1.69. The molecule has 0 aromatic carbocycles. The lowest BCUT2D eigenvalue weighted by molar-refractivity contribution is -0.162. The first-order valence-electron chi connectivity index (χ1n) is 5.13. The number of aliphatic hydroxyl groups excluding tert-OH is 1. The van der Waals surface area contributed by atoms with Crippen molar-refractivity contribution in [1.29, 1.82) is 0 Å². The molecule has 0 unspecified atom stereocenters. The third-order valence-electron chi connectivity index (χ3n) is 2.43. The van der Waals surface area contributed by atoms with E-state index < -0.39 is 5.79 Å². The molecule has 78 valence electrons. The Morgan fingerprint density at radius 1 is 1.46 bits per heavy atom. The van der Waals surface area contributed by atoms with Crippen molar-refractivity contribution in [3.63, 3.8) is 0 Å². The SMILES string of the molecule is CCCCC[C@]1(C)OC[C@@H](CO)O1. The molecule has 3 heteroatoms. The Morgan fingerprint density at radius 2 is 2.23 bits per heavy atom. The zero-order valence-corrected chi connectivity index (χ0v) is 8.58. The normalized spacial score (nSPS) is 33.9. The molecule has 1 rings (SSSR count). The fourth-order valence-electron chi connectivity index (χ4n) is 1.61. The summed E-state index contributed by atoms with van der Waals surface area (Å²) in [5.74, 6) is -0.442. The summed E-state index contributed by atoms with van der Waals surface area (Å²) in [6.45, 7) is 4.72. The number of unbranched alkanes of at least 4 members (excludes halogenated alkanes) is 2. The summed E-state index contributed by atoms with van der Waals surface area (Å²) in [4.78, 5) is 0. The van der Waals surface area contributed by atoms with Crippen molar-refractivity contribution < 1.29 is 14.6 Å². The summed E-state index contributed by atoms with van der Waals surface area (Å²) in [6.07, 6.45) is 4.36. The predicted molar refractivity (Wildman–Crippen MR) is 50.5 cm³/mol. The van der Waals surface area contributed by atoms with E-state index in [-0.39, 0.29) is 12.7 Å². The second-order valence-corrected chi connectivity index (χ2v) is 3.82. The Kier molecular flexibility index (Phi) is 4.16. The standard InChI is InChI=1S/C10H20O3/c1-3-4-5-6-10(2)12-8-9(7-11)13-10/h9,11H,3-8H2,1-2H3/t9-,10-/m1/s1. The maximum Gasteiger partial charge on any atom is 0.166 e. The molecule has 0 aromatic rings. The Balaban J connectivity index is 2.23. The van der Waals surface area contributed by atoms with Crippen LogP contribution in [0.3, 0.4) is 0 Å². The van der Waals surface area contributed by atoms with Crippen LogP contribution in [0.25, 0.3) is 0 Å². The highest BCUT2D eigenvalue weighted by molar-refractivity contribution is 4.74. The quantitative estimate of drug-likeness (QED) is 0.667. The molecule has 0 saturated carbocycles. The molecule has 1 heterocycles. The van der Waals surface area contributed by atoms with E-state index in [1.807, 2.05) is 6.92 Å². The van der Waals surface area contributed by atoms with E-state index in [0.717, 1.165) is 12.8 Å². The van der Waals surface area contributed by atoms with Gasteiger partial charge in [-0.3, -0.25) is 0 Å². The van der Waals surface area contributed by atoms with Gasteiger partial charge in [0.1, 0.15) is 6.10 Å². The molecule has 0 aromatic heterocycles. The molecule has 0 aliphatic carbocycles. The molecule has 1 N–H and O–H groups in total. The van der Waals surface area contributed by atoms with Crippen LogP contribution in [0.2, 0.25) is 0 Å². The van der Waals surface area contributed by atoms with Crippen LogP contribution in [0.4, 0.5) is 0 Å². The summed E-state index contributed by atoms with van der Waals surface area (Å²) in [5.41, 5.74) is 0. The largest absolute Gasteiger partial charge is 0.394 e. The van der Waals surface area contributed by atoms with Crippen molar-refractivity contribution in [3.05, 3.63) is 0 Å². The first-order valence-corrected chi connectivity index (χ1v) is 5.13. The zero-order chi connectivity index (χ0) is 9.73. The highest BCUT2D eigenvalue weighted by Crippen LogP contribution is 2.28. The molecule has 3 nitrogen and oxygen atoms in total. The topological polar surface area (TPSA) is 38.7 Å². The minimum absolute atomic E-state index is 0.0589. The lowest BCUT2D eigenvalue weighted by Crippen LogP contribution is -2.27. The van der Waals surface area contributed by atoms with Gasteiger partial charge in [0.2, 0.25) is 0 Å². The van der Waals surface area contributed by atoms with Crippen LogP contribution in [0, 0.1) is 0 Å². The molecule has 1 saturated heterocycles. The smallest absolute Gasteiger partial charge is 0.166 e. The van der Waals surface area contributed by atoms with Crippen LogP contribution in [0.15, 0.2) is 0 Å². The molecule has 0 amide bonds. The Labute approximate surface area is 80.0 Å². The van der Waals surface area contributed by atoms with E-state index in [2.05, 4.69) is 6.92 Å². The van der Waals surface area contributed by atoms with Gasteiger partial charge in [-0.05, 0) is 13.3 Å².